The van der Waals surface area contributed by atoms with Crippen molar-refractivity contribution in [3.8, 4) is 0 Å². The molecule has 0 saturated carbocycles. The summed E-state index contributed by atoms with van der Waals surface area (Å²) in [4.78, 5) is 20.4. The van der Waals surface area contributed by atoms with Gasteiger partial charge >= 0.3 is 6.03 Å². The molecular formula is C20H24N4O2. The number of amides is 2. The number of carbonyl (C=O) groups excluding carboxylic acids is 1. The molecule has 3 aromatic rings. The van der Waals surface area contributed by atoms with E-state index >= 15 is 0 Å². The zero-order valence-electron chi connectivity index (χ0n) is 15.6. The van der Waals surface area contributed by atoms with Crippen LogP contribution in [0.3, 0.4) is 0 Å². The predicted molar refractivity (Wildman–Crippen MR) is 105 cm³/mol. The highest BCUT2D eigenvalue weighted by atomic mass is 16.3. The molecule has 0 aliphatic rings. The predicted octanol–water partition coefficient (Wildman–Crippen LogP) is 4.12. The maximum absolute atomic E-state index is 12.7. The molecule has 1 N–H and O–H groups in total. The van der Waals surface area contributed by atoms with Crippen LogP contribution in [-0.4, -0.2) is 37.1 Å². The first-order chi connectivity index (χ1) is 12.5. The Labute approximate surface area is 153 Å². The zero-order chi connectivity index (χ0) is 18.7. The second-order valence-corrected chi connectivity index (χ2v) is 6.43. The highest BCUT2D eigenvalue weighted by molar-refractivity contribution is 5.93. The summed E-state index contributed by atoms with van der Waals surface area (Å²) >= 11 is 0. The van der Waals surface area contributed by atoms with E-state index in [9.17, 15) is 4.79 Å². The molecule has 0 aliphatic carbocycles. The standard InChI is InChI=1S/C20H24N4O2/c1-5-18-15(14-8-6-7-9-19(14)26-18)13-24(4)20(25)22-16-10-11-21-12-17(16)23(2)3/h6-12H,5,13H2,1-4H3,(H,21,22,25). The third kappa shape index (κ3) is 3.49. The molecule has 2 heterocycles. The molecule has 0 spiro atoms. The van der Waals surface area contributed by atoms with Crippen LogP contribution in [-0.2, 0) is 13.0 Å². The number of urea groups is 1. The molecule has 0 atom stereocenters. The molecule has 0 bridgehead atoms. The number of nitrogens with zero attached hydrogens (tertiary/aromatic N) is 3. The van der Waals surface area contributed by atoms with Gasteiger partial charge in [-0.15, -0.1) is 0 Å². The van der Waals surface area contributed by atoms with Crippen molar-refractivity contribution in [1.29, 1.82) is 0 Å². The van der Waals surface area contributed by atoms with Gasteiger partial charge in [-0.2, -0.15) is 0 Å². The topological polar surface area (TPSA) is 61.6 Å². The monoisotopic (exact) mass is 352 g/mol. The van der Waals surface area contributed by atoms with Gasteiger partial charge in [0.1, 0.15) is 11.3 Å². The van der Waals surface area contributed by atoms with Crippen molar-refractivity contribution in [2.75, 3.05) is 31.4 Å². The molecule has 0 radical (unpaired) electrons. The fourth-order valence-corrected chi connectivity index (χ4v) is 2.98. The molecule has 6 heteroatoms. The second-order valence-electron chi connectivity index (χ2n) is 6.43. The number of fused-ring (bicyclic) bond motifs is 1. The zero-order valence-corrected chi connectivity index (χ0v) is 15.6. The van der Waals surface area contributed by atoms with Crippen LogP contribution in [0.4, 0.5) is 16.2 Å². The van der Waals surface area contributed by atoms with Crippen molar-refractivity contribution in [3.63, 3.8) is 0 Å². The normalized spacial score (nSPS) is 10.8. The van der Waals surface area contributed by atoms with Gasteiger partial charge in [-0.05, 0) is 12.1 Å². The van der Waals surface area contributed by atoms with E-state index < -0.39 is 0 Å². The van der Waals surface area contributed by atoms with Crippen molar-refractivity contribution in [2.24, 2.45) is 0 Å². The Morgan fingerprint density at radius 3 is 2.69 bits per heavy atom. The fourth-order valence-electron chi connectivity index (χ4n) is 2.98. The van der Waals surface area contributed by atoms with E-state index in [4.69, 9.17) is 4.42 Å². The van der Waals surface area contributed by atoms with Crippen molar-refractivity contribution in [1.82, 2.24) is 9.88 Å². The van der Waals surface area contributed by atoms with E-state index in [1.807, 2.05) is 43.3 Å². The van der Waals surface area contributed by atoms with E-state index in [1.54, 1.807) is 30.4 Å². The van der Waals surface area contributed by atoms with Crippen molar-refractivity contribution in [3.05, 3.63) is 54.0 Å². The first-order valence-corrected chi connectivity index (χ1v) is 8.64. The van der Waals surface area contributed by atoms with Crippen LogP contribution in [0.5, 0.6) is 0 Å². The molecule has 6 nitrogen and oxygen atoms in total. The van der Waals surface area contributed by atoms with Gasteiger partial charge in [0.25, 0.3) is 0 Å². The van der Waals surface area contributed by atoms with Crippen LogP contribution in [0.25, 0.3) is 11.0 Å². The summed E-state index contributed by atoms with van der Waals surface area (Å²) in [6.45, 7) is 2.54. The number of furan rings is 1. The van der Waals surface area contributed by atoms with Crippen LogP contribution in [0, 0.1) is 0 Å². The van der Waals surface area contributed by atoms with Crippen molar-refractivity contribution in [2.45, 2.75) is 19.9 Å². The Kier molecular flexibility index (Phi) is 5.11. The minimum Gasteiger partial charge on any atom is -0.461 e. The van der Waals surface area contributed by atoms with Crippen molar-refractivity contribution < 1.29 is 9.21 Å². The summed E-state index contributed by atoms with van der Waals surface area (Å²) in [7, 11) is 5.62. The van der Waals surface area contributed by atoms with Gasteiger partial charge in [-0.25, -0.2) is 4.79 Å². The van der Waals surface area contributed by atoms with E-state index in [0.717, 1.165) is 40.1 Å². The number of anilines is 2. The lowest BCUT2D eigenvalue weighted by Gasteiger charge is -2.21. The fraction of sp³-hybridized carbons (Fsp3) is 0.300. The number of pyridine rings is 1. The summed E-state index contributed by atoms with van der Waals surface area (Å²) in [6, 6.07) is 9.56. The van der Waals surface area contributed by atoms with E-state index in [1.165, 1.54) is 0 Å². The first kappa shape index (κ1) is 17.8. The SMILES string of the molecule is CCc1oc2ccccc2c1CN(C)C(=O)Nc1ccncc1N(C)C. The average Bonchev–Trinajstić information content (AvgIpc) is 2.99. The Bertz CT molecular complexity index is 917. The largest absolute Gasteiger partial charge is 0.461 e. The van der Waals surface area contributed by atoms with E-state index in [2.05, 4.69) is 17.2 Å². The lowest BCUT2D eigenvalue weighted by atomic mass is 10.1. The van der Waals surface area contributed by atoms with Gasteiger partial charge < -0.3 is 19.5 Å². The summed E-state index contributed by atoms with van der Waals surface area (Å²) in [5.41, 5.74) is 3.51. The summed E-state index contributed by atoms with van der Waals surface area (Å²) < 4.78 is 5.92. The van der Waals surface area contributed by atoms with Gasteiger partial charge in [0, 0.05) is 44.7 Å². The highest BCUT2D eigenvalue weighted by Crippen LogP contribution is 2.28. The maximum atomic E-state index is 12.7. The molecular weight excluding hydrogens is 328 g/mol. The number of rotatable bonds is 5. The lowest BCUT2D eigenvalue weighted by Crippen LogP contribution is -2.31. The van der Waals surface area contributed by atoms with E-state index in [-0.39, 0.29) is 6.03 Å². The Morgan fingerprint density at radius 1 is 1.19 bits per heavy atom. The van der Waals surface area contributed by atoms with Crippen LogP contribution >= 0.6 is 0 Å². The number of hydrogen-bond donors (Lipinski definition) is 1. The summed E-state index contributed by atoms with van der Waals surface area (Å²) in [5, 5.41) is 4.02. The van der Waals surface area contributed by atoms with Crippen LogP contribution in [0.2, 0.25) is 0 Å². The molecule has 0 saturated heterocycles. The lowest BCUT2D eigenvalue weighted by molar-refractivity contribution is 0.220. The molecule has 1 aromatic carbocycles. The van der Waals surface area contributed by atoms with Gasteiger partial charge in [0.15, 0.2) is 0 Å². The summed E-state index contributed by atoms with van der Waals surface area (Å²) in [6.07, 6.45) is 4.18. The molecule has 3 rings (SSSR count). The third-order valence-electron chi connectivity index (χ3n) is 4.37. The summed E-state index contributed by atoms with van der Waals surface area (Å²) in [5.74, 6) is 0.920. The van der Waals surface area contributed by atoms with Crippen molar-refractivity contribution >= 4 is 28.4 Å². The van der Waals surface area contributed by atoms with E-state index in [0.29, 0.717) is 6.54 Å². The smallest absolute Gasteiger partial charge is 0.321 e. The molecule has 0 aliphatic heterocycles. The van der Waals surface area contributed by atoms with Gasteiger partial charge in [0.2, 0.25) is 0 Å². The van der Waals surface area contributed by atoms with Gasteiger partial charge in [0.05, 0.1) is 24.1 Å². The molecule has 0 unspecified atom stereocenters. The third-order valence-corrected chi connectivity index (χ3v) is 4.37. The van der Waals surface area contributed by atoms with Crippen LogP contribution in [0.15, 0.2) is 47.1 Å². The Morgan fingerprint density at radius 2 is 1.96 bits per heavy atom. The Hall–Kier alpha value is -3.02. The minimum atomic E-state index is -0.174. The first-order valence-electron chi connectivity index (χ1n) is 8.64. The number of benzene rings is 1. The maximum Gasteiger partial charge on any atom is 0.321 e. The highest BCUT2D eigenvalue weighted by Gasteiger charge is 2.18. The quantitative estimate of drug-likeness (QED) is 0.750. The number of para-hydroxylation sites is 1. The molecule has 136 valence electrons. The number of aryl methyl sites for hydroxylation is 1. The van der Waals surface area contributed by atoms with Crippen LogP contribution in [0.1, 0.15) is 18.2 Å². The second kappa shape index (κ2) is 7.47. The van der Waals surface area contributed by atoms with Gasteiger partial charge in [-0.1, -0.05) is 25.1 Å². The van der Waals surface area contributed by atoms with Crippen LogP contribution < -0.4 is 10.2 Å². The Balaban J connectivity index is 1.81. The number of nitrogens with one attached hydrogen (secondary N) is 1. The molecule has 2 aromatic heterocycles. The molecule has 26 heavy (non-hydrogen) atoms. The number of hydrogen-bond acceptors (Lipinski definition) is 4. The minimum absolute atomic E-state index is 0.174. The average molecular weight is 352 g/mol. The number of aromatic nitrogens is 1. The molecule has 2 amide bonds. The number of carbonyl (C=O) groups is 1. The molecule has 0 fully saturated rings. The van der Waals surface area contributed by atoms with Gasteiger partial charge in [-0.3, -0.25) is 4.98 Å².